The third kappa shape index (κ3) is 8.38. The Kier molecular flexibility index (Phi) is 10.7. The van der Waals surface area contributed by atoms with Crippen molar-refractivity contribution < 1.29 is 22.2 Å². The first-order valence-corrected chi connectivity index (χ1v) is 6.96. The molecule has 3 N–H and O–H groups in total. The van der Waals surface area contributed by atoms with E-state index in [0.29, 0.717) is 5.56 Å². The summed E-state index contributed by atoms with van der Waals surface area (Å²) in [6, 6.07) is 10.1. The second-order valence-corrected chi connectivity index (χ2v) is 4.94. The molecule has 6 nitrogen and oxygen atoms in total. The maximum atomic E-state index is 10.8. The van der Waals surface area contributed by atoms with Crippen molar-refractivity contribution in [2.24, 2.45) is 16.0 Å². The van der Waals surface area contributed by atoms with Crippen molar-refractivity contribution in [3.8, 4) is 5.75 Å². The Morgan fingerprint density at radius 2 is 1.95 bits per heavy atom. The van der Waals surface area contributed by atoms with Crippen LogP contribution in [0.4, 0.5) is 0 Å². The second-order valence-electron chi connectivity index (χ2n) is 3.52. The predicted molar refractivity (Wildman–Crippen MR) is 88.7 cm³/mol. The molecule has 0 fully saturated rings. The SMILES string of the molecule is NC(=S)N/N=C/c1cccs1.[Cu+2].[O-]/N=C/c1ccccc1[O-]. The van der Waals surface area contributed by atoms with Crippen LogP contribution in [0.1, 0.15) is 10.4 Å². The van der Waals surface area contributed by atoms with Gasteiger partial charge in [0.25, 0.3) is 0 Å². The molecular weight excluding hydrogens is 372 g/mol. The van der Waals surface area contributed by atoms with E-state index in [9.17, 15) is 10.3 Å². The molecule has 0 saturated heterocycles. The Bertz CT molecular complexity index is 618. The van der Waals surface area contributed by atoms with Crippen LogP contribution in [-0.4, -0.2) is 17.5 Å². The summed E-state index contributed by atoms with van der Waals surface area (Å²) in [6.07, 6.45) is 2.67. The summed E-state index contributed by atoms with van der Waals surface area (Å²) in [4.78, 5) is 1.06. The van der Waals surface area contributed by atoms with Crippen LogP contribution in [0.15, 0.2) is 52.0 Å². The summed E-state index contributed by atoms with van der Waals surface area (Å²) in [5, 5.41) is 28.9. The summed E-state index contributed by atoms with van der Waals surface area (Å²) in [5.74, 6) is -0.179. The van der Waals surface area contributed by atoms with Gasteiger partial charge in [0.1, 0.15) is 0 Å². The minimum atomic E-state index is -0.179. The normalized spacial score (nSPS) is 9.82. The predicted octanol–water partition coefficient (Wildman–Crippen LogP) is 1.59. The summed E-state index contributed by atoms with van der Waals surface area (Å²) in [5.41, 5.74) is 7.94. The van der Waals surface area contributed by atoms with E-state index >= 15 is 0 Å². The van der Waals surface area contributed by atoms with Gasteiger partial charge in [-0.1, -0.05) is 30.3 Å². The first-order valence-electron chi connectivity index (χ1n) is 5.67. The zero-order valence-corrected chi connectivity index (χ0v) is 13.7. The smallest absolute Gasteiger partial charge is 0.872 e. The van der Waals surface area contributed by atoms with Crippen LogP contribution in [0.2, 0.25) is 0 Å². The number of benzene rings is 1. The van der Waals surface area contributed by atoms with E-state index in [1.54, 1.807) is 35.8 Å². The van der Waals surface area contributed by atoms with Crippen LogP contribution >= 0.6 is 23.6 Å². The fourth-order valence-electron chi connectivity index (χ4n) is 1.17. The van der Waals surface area contributed by atoms with Gasteiger partial charge in [0.2, 0.25) is 0 Å². The van der Waals surface area contributed by atoms with Crippen molar-refractivity contribution in [3.63, 3.8) is 0 Å². The number of thiophene rings is 1. The van der Waals surface area contributed by atoms with E-state index in [-0.39, 0.29) is 27.9 Å². The Labute approximate surface area is 147 Å². The number of rotatable bonds is 3. The maximum absolute atomic E-state index is 10.8. The number of nitrogens with two attached hydrogens (primary N) is 1. The third-order valence-corrected chi connectivity index (χ3v) is 2.92. The average molecular weight is 384 g/mol. The maximum Gasteiger partial charge on any atom is 2.00 e. The number of hydrazone groups is 1. The topological polar surface area (TPSA) is 109 Å². The largest absolute Gasteiger partial charge is 2.00 e. The number of para-hydroxylation sites is 1. The Balaban J connectivity index is 0.000000385. The number of nitrogens with one attached hydrogen (secondary N) is 1. The molecule has 1 aromatic carbocycles. The molecule has 0 aliphatic rings. The molecule has 1 aromatic heterocycles. The molecule has 22 heavy (non-hydrogen) atoms. The Morgan fingerprint density at radius 1 is 1.23 bits per heavy atom. The van der Waals surface area contributed by atoms with E-state index < -0.39 is 0 Å². The van der Waals surface area contributed by atoms with Crippen LogP contribution in [-0.2, 0) is 17.1 Å². The Hall–Kier alpha value is -1.93. The van der Waals surface area contributed by atoms with Crippen LogP contribution < -0.4 is 16.3 Å². The molecule has 0 aliphatic heterocycles. The molecule has 2 rings (SSSR count). The number of nitrogens with zero attached hydrogens (tertiary/aromatic N) is 2. The fraction of sp³-hybridized carbons (Fsp3) is 0. The van der Waals surface area contributed by atoms with Crippen molar-refractivity contribution in [2.45, 2.75) is 0 Å². The number of thiocarbonyl (C=S) groups is 1. The van der Waals surface area contributed by atoms with E-state index in [1.807, 2.05) is 17.5 Å². The van der Waals surface area contributed by atoms with E-state index in [0.717, 1.165) is 11.1 Å². The van der Waals surface area contributed by atoms with Gasteiger partial charge in [0, 0.05) is 11.1 Å². The second kappa shape index (κ2) is 11.7. The molecule has 2 aromatic rings. The molecule has 0 unspecified atom stereocenters. The zero-order valence-electron chi connectivity index (χ0n) is 11.1. The molecular formula is C13H12CuN4O2S2. The van der Waals surface area contributed by atoms with Crippen LogP contribution in [0.3, 0.4) is 0 Å². The molecule has 0 saturated carbocycles. The van der Waals surface area contributed by atoms with Crippen molar-refractivity contribution in [1.29, 1.82) is 0 Å². The molecule has 0 amide bonds. The van der Waals surface area contributed by atoms with E-state index in [4.69, 9.17) is 5.73 Å². The molecule has 0 bridgehead atoms. The quantitative estimate of drug-likeness (QED) is 0.362. The van der Waals surface area contributed by atoms with Crippen molar-refractivity contribution in [1.82, 2.24) is 5.43 Å². The number of hydrogen-bond acceptors (Lipinski definition) is 6. The van der Waals surface area contributed by atoms with Gasteiger partial charge in [-0.25, -0.2) is 0 Å². The minimum Gasteiger partial charge on any atom is -0.872 e. The van der Waals surface area contributed by atoms with Gasteiger partial charge in [0.05, 0.1) is 6.21 Å². The van der Waals surface area contributed by atoms with Gasteiger partial charge in [-0.15, -0.1) is 17.1 Å². The summed E-state index contributed by atoms with van der Waals surface area (Å²) in [6.45, 7) is 0. The van der Waals surface area contributed by atoms with Crippen LogP contribution in [0.5, 0.6) is 5.75 Å². The molecule has 1 radical (unpaired) electrons. The molecule has 1 heterocycles. The van der Waals surface area contributed by atoms with Crippen molar-refractivity contribution in [2.75, 3.05) is 0 Å². The van der Waals surface area contributed by atoms with Gasteiger partial charge in [0.15, 0.2) is 5.11 Å². The van der Waals surface area contributed by atoms with Crippen molar-refractivity contribution in [3.05, 3.63) is 57.4 Å². The van der Waals surface area contributed by atoms with Gasteiger partial charge in [-0.2, -0.15) is 5.10 Å². The van der Waals surface area contributed by atoms with E-state index in [2.05, 4.69) is 27.9 Å². The standard InChI is InChI=1S/C7H7NO2.C6H7N3S2.Cu/c9-7-4-2-1-3-6(7)5-8-10;7-6(10)9-8-4-5-2-1-3-11-5;/h1-5,9-10H;1-4H,(H3,7,9,10);/q;;+2/p-2/b8-5+;8-4+;. The fourth-order valence-corrected chi connectivity index (χ4v) is 1.81. The first kappa shape index (κ1) is 20.1. The molecule has 0 aliphatic carbocycles. The summed E-state index contributed by atoms with van der Waals surface area (Å²) >= 11 is 6.15. The monoisotopic (exact) mass is 383 g/mol. The minimum absolute atomic E-state index is 0. The van der Waals surface area contributed by atoms with Gasteiger partial charge < -0.3 is 21.2 Å². The molecule has 0 atom stereocenters. The van der Waals surface area contributed by atoms with Gasteiger partial charge in [-0.3, -0.25) is 5.43 Å². The average Bonchev–Trinajstić information content (AvgIpc) is 2.95. The van der Waals surface area contributed by atoms with Crippen molar-refractivity contribution >= 4 is 41.1 Å². The number of hydrogen-bond donors (Lipinski definition) is 2. The molecule has 119 valence electrons. The molecule has 0 spiro atoms. The summed E-state index contributed by atoms with van der Waals surface area (Å²) in [7, 11) is 0. The summed E-state index contributed by atoms with van der Waals surface area (Å²) < 4.78 is 0. The zero-order chi connectivity index (χ0) is 15.5. The Morgan fingerprint density at radius 3 is 2.50 bits per heavy atom. The molecule has 9 heteroatoms. The van der Waals surface area contributed by atoms with Crippen LogP contribution in [0.25, 0.3) is 0 Å². The van der Waals surface area contributed by atoms with Gasteiger partial charge in [-0.05, 0) is 29.2 Å². The van der Waals surface area contributed by atoms with Crippen LogP contribution in [0, 0.1) is 5.21 Å². The first-order chi connectivity index (χ1) is 10.1. The van der Waals surface area contributed by atoms with Gasteiger partial charge >= 0.3 is 17.1 Å². The third-order valence-electron chi connectivity index (χ3n) is 2.02. The van der Waals surface area contributed by atoms with E-state index in [1.165, 1.54) is 6.07 Å².